The second kappa shape index (κ2) is 5.62. The summed E-state index contributed by atoms with van der Waals surface area (Å²) in [5.74, 6) is 0.608. The van der Waals surface area contributed by atoms with Crippen LogP contribution in [0.2, 0.25) is 5.02 Å². The second-order valence-corrected chi connectivity index (χ2v) is 6.17. The van der Waals surface area contributed by atoms with E-state index in [1.54, 1.807) is 6.07 Å². The van der Waals surface area contributed by atoms with Gasteiger partial charge in [-0.2, -0.15) is 0 Å². The van der Waals surface area contributed by atoms with Gasteiger partial charge in [0.25, 0.3) is 0 Å². The molecular formula is C15H20ClN3O. The van der Waals surface area contributed by atoms with Crippen molar-refractivity contribution in [3.05, 3.63) is 28.8 Å². The normalized spacial score (nSPS) is 25.4. The first-order valence-electron chi connectivity index (χ1n) is 7.19. The smallest absolute Gasteiger partial charge is 0.321 e. The molecule has 0 bridgehead atoms. The van der Waals surface area contributed by atoms with E-state index in [-0.39, 0.29) is 6.03 Å². The van der Waals surface area contributed by atoms with E-state index >= 15 is 0 Å². The Labute approximate surface area is 124 Å². The van der Waals surface area contributed by atoms with Gasteiger partial charge in [-0.1, -0.05) is 17.7 Å². The summed E-state index contributed by atoms with van der Waals surface area (Å²) in [5.41, 5.74) is 1.77. The molecule has 0 spiro atoms. The van der Waals surface area contributed by atoms with Gasteiger partial charge in [-0.15, -0.1) is 0 Å². The Morgan fingerprint density at radius 2 is 2.30 bits per heavy atom. The molecule has 108 valence electrons. The molecule has 1 aromatic rings. The van der Waals surface area contributed by atoms with Gasteiger partial charge in [0.05, 0.1) is 0 Å². The molecule has 0 unspecified atom stereocenters. The summed E-state index contributed by atoms with van der Waals surface area (Å²) in [7, 11) is 0. The van der Waals surface area contributed by atoms with Crippen molar-refractivity contribution in [1.82, 2.24) is 10.2 Å². The quantitative estimate of drug-likeness (QED) is 0.836. The number of hydrogen-bond donors (Lipinski definition) is 2. The molecule has 2 aliphatic rings. The minimum atomic E-state index is -0.0267. The van der Waals surface area contributed by atoms with Gasteiger partial charge >= 0.3 is 6.03 Å². The number of nitrogens with one attached hydrogen (secondary N) is 2. The molecule has 2 heterocycles. The zero-order valence-corrected chi connectivity index (χ0v) is 12.4. The van der Waals surface area contributed by atoms with Crippen LogP contribution in [0.4, 0.5) is 10.5 Å². The van der Waals surface area contributed by atoms with E-state index in [0.717, 1.165) is 30.9 Å². The van der Waals surface area contributed by atoms with Crippen LogP contribution in [0, 0.1) is 12.8 Å². The van der Waals surface area contributed by atoms with Crippen LogP contribution in [-0.4, -0.2) is 36.6 Å². The minimum absolute atomic E-state index is 0.0267. The van der Waals surface area contributed by atoms with E-state index in [2.05, 4.69) is 10.6 Å². The van der Waals surface area contributed by atoms with Crippen LogP contribution in [0.1, 0.15) is 18.4 Å². The average molecular weight is 294 g/mol. The van der Waals surface area contributed by atoms with Gasteiger partial charge in [-0.3, -0.25) is 0 Å². The van der Waals surface area contributed by atoms with E-state index in [4.69, 9.17) is 11.6 Å². The van der Waals surface area contributed by atoms with Gasteiger partial charge in [0, 0.05) is 29.8 Å². The topological polar surface area (TPSA) is 44.4 Å². The summed E-state index contributed by atoms with van der Waals surface area (Å²) in [6.07, 6.45) is 2.43. The lowest BCUT2D eigenvalue weighted by Gasteiger charge is -2.24. The number of carbonyl (C=O) groups is 1. The summed E-state index contributed by atoms with van der Waals surface area (Å²) in [4.78, 5) is 14.2. The van der Waals surface area contributed by atoms with Crippen LogP contribution in [0.15, 0.2) is 18.2 Å². The number of likely N-dealkylation sites (tertiary alicyclic amines) is 1. The van der Waals surface area contributed by atoms with E-state index in [0.29, 0.717) is 17.0 Å². The zero-order valence-electron chi connectivity index (χ0n) is 11.7. The maximum atomic E-state index is 12.3. The molecule has 20 heavy (non-hydrogen) atoms. The van der Waals surface area contributed by atoms with E-state index < -0.39 is 0 Å². The van der Waals surface area contributed by atoms with Crippen molar-refractivity contribution in [1.29, 1.82) is 0 Å². The highest BCUT2D eigenvalue weighted by Crippen LogP contribution is 2.26. The third-order valence-electron chi connectivity index (χ3n) is 4.31. The first-order valence-corrected chi connectivity index (χ1v) is 7.57. The highest BCUT2D eigenvalue weighted by molar-refractivity contribution is 6.31. The molecule has 2 atom stereocenters. The number of halogens is 1. The minimum Gasteiger partial charge on any atom is -0.323 e. The predicted molar refractivity (Wildman–Crippen MR) is 81.3 cm³/mol. The number of hydrogen-bond acceptors (Lipinski definition) is 2. The molecule has 0 aromatic heterocycles. The SMILES string of the molecule is Cc1ccc(NC(=O)N2C[C@@H]3CCCN[C@@H]3C2)cc1Cl. The Bertz CT molecular complexity index is 506. The van der Waals surface area contributed by atoms with Crippen LogP contribution in [-0.2, 0) is 0 Å². The monoisotopic (exact) mass is 293 g/mol. The van der Waals surface area contributed by atoms with E-state index in [1.165, 1.54) is 12.8 Å². The van der Waals surface area contributed by atoms with Gasteiger partial charge < -0.3 is 15.5 Å². The number of benzene rings is 1. The fraction of sp³-hybridized carbons (Fsp3) is 0.533. The third kappa shape index (κ3) is 2.76. The Hall–Kier alpha value is -1.26. The summed E-state index contributed by atoms with van der Waals surface area (Å²) in [6.45, 7) is 4.67. The zero-order chi connectivity index (χ0) is 14.1. The number of aryl methyl sites for hydroxylation is 1. The van der Waals surface area contributed by atoms with Crippen LogP contribution >= 0.6 is 11.6 Å². The molecule has 4 nitrogen and oxygen atoms in total. The van der Waals surface area contributed by atoms with Crippen molar-refractivity contribution in [2.75, 3.05) is 25.0 Å². The lowest BCUT2D eigenvalue weighted by Crippen LogP contribution is -2.41. The fourth-order valence-corrected chi connectivity index (χ4v) is 3.27. The maximum Gasteiger partial charge on any atom is 0.321 e. The Kier molecular flexibility index (Phi) is 3.85. The molecule has 2 amide bonds. The molecule has 1 aromatic carbocycles. The molecule has 2 saturated heterocycles. The lowest BCUT2D eigenvalue weighted by atomic mass is 9.94. The van der Waals surface area contributed by atoms with Gasteiger partial charge in [0.2, 0.25) is 0 Å². The molecule has 0 radical (unpaired) electrons. The first-order chi connectivity index (χ1) is 9.63. The average Bonchev–Trinajstić information content (AvgIpc) is 2.87. The Morgan fingerprint density at radius 3 is 3.05 bits per heavy atom. The number of amides is 2. The Morgan fingerprint density at radius 1 is 1.45 bits per heavy atom. The molecule has 2 aliphatic heterocycles. The number of nitrogens with zero attached hydrogens (tertiary/aromatic N) is 1. The fourth-order valence-electron chi connectivity index (χ4n) is 3.09. The molecule has 0 saturated carbocycles. The predicted octanol–water partition coefficient (Wildman–Crippen LogP) is 2.86. The molecule has 3 rings (SSSR count). The summed E-state index contributed by atoms with van der Waals surface area (Å²) >= 11 is 6.08. The van der Waals surface area contributed by atoms with Crippen molar-refractivity contribution in [2.24, 2.45) is 5.92 Å². The van der Waals surface area contributed by atoms with Gasteiger partial charge in [0.15, 0.2) is 0 Å². The summed E-state index contributed by atoms with van der Waals surface area (Å²) < 4.78 is 0. The molecule has 5 heteroatoms. The number of carbonyl (C=O) groups excluding carboxylic acids is 1. The van der Waals surface area contributed by atoms with Gasteiger partial charge in [0.1, 0.15) is 0 Å². The number of rotatable bonds is 1. The summed E-state index contributed by atoms with van der Waals surface area (Å²) in [6, 6.07) is 6.05. The van der Waals surface area contributed by atoms with Gasteiger partial charge in [-0.25, -0.2) is 4.79 Å². The molecule has 0 aliphatic carbocycles. The number of urea groups is 1. The van der Waals surface area contributed by atoms with Crippen molar-refractivity contribution in [2.45, 2.75) is 25.8 Å². The molecule has 2 fully saturated rings. The highest BCUT2D eigenvalue weighted by Gasteiger charge is 2.36. The second-order valence-electron chi connectivity index (χ2n) is 5.76. The standard InChI is InChI=1S/C15H20ClN3O/c1-10-4-5-12(7-13(10)16)18-15(20)19-8-11-3-2-6-17-14(11)9-19/h4-5,7,11,14,17H,2-3,6,8-9H2,1H3,(H,18,20)/t11-,14+/m0/s1. The number of fused-ring (bicyclic) bond motifs is 1. The van der Waals surface area contributed by atoms with Crippen molar-refractivity contribution in [3.8, 4) is 0 Å². The van der Waals surface area contributed by atoms with Crippen LogP contribution in [0.25, 0.3) is 0 Å². The van der Waals surface area contributed by atoms with Crippen molar-refractivity contribution < 1.29 is 4.79 Å². The van der Waals surface area contributed by atoms with Crippen LogP contribution in [0.5, 0.6) is 0 Å². The van der Waals surface area contributed by atoms with Crippen molar-refractivity contribution >= 4 is 23.3 Å². The third-order valence-corrected chi connectivity index (χ3v) is 4.72. The number of anilines is 1. The van der Waals surface area contributed by atoms with Crippen molar-refractivity contribution in [3.63, 3.8) is 0 Å². The van der Waals surface area contributed by atoms with Crippen LogP contribution < -0.4 is 10.6 Å². The molecule has 2 N–H and O–H groups in total. The van der Waals surface area contributed by atoms with Crippen LogP contribution in [0.3, 0.4) is 0 Å². The largest absolute Gasteiger partial charge is 0.323 e. The first kappa shape index (κ1) is 13.7. The molecular weight excluding hydrogens is 274 g/mol. The number of piperidine rings is 1. The maximum absolute atomic E-state index is 12.3. The summed E-state index contributed by atoms with van der Waals surface area (Å²) in [5, 5.41) is 7.12. The highest BCUT2D eigenvalue weighted by atomic mass is 35.5. The van der Waals surface area contributed by atoms with Gasteiger partial charge in [-0.05, 0) is 49.9 Å². The lowest BCUT2D eigenvalue weighted by molar-refractivity contribution is 0.220. The van der Waals surface area contributed by atoms with E-state index in [1.807, 2.05) is 24.0 Å². The Balaban J connectivity index is 1.63. The van der Waals surface area contributed by atoms with E-state index in [9.17, 15) is 4.79 Å².